The zero-order valence-electron chi connectivity index (χ0n) is 14.8. The number of rotatable bonds is 6. The van der Waals surface area contributed by atoms with Crippen molar-refractivity contribution in [3.05, 3.63) is 53.6 Å². The third kappa shape index (κ3) is 4.54. The SMILES string of the molecule is CNc1ccccc1C(=O)NCC1CCN(Cc2cnc(C)nc2)C1. The van der Waals surface area contributed by atoms with Gasteiger partial charge < -0.3 is 10.6 Å². The number of nitrogens with zero attached hydrogens (tertiary/aromatic N) is 3. The quantitative estimate of drug-likeness (QED) is 0.843. The molecule has 1 saturated heterocycles. The molecule has 6 heteroatoms. The Morgan fingerprint density at radius 2 is 2.04 bits per heavy atom. The van der Waals surface area contributed by atoms with Gasteiger partial charge in [-0.05, 0) is 37.9 Å². The smallest absolute Gasteiger partial charge is 0.253 e. The molecule has 1 fully saturated rings. The standard InChI is InChI=1S/C19H25N5O/c1-14-21-10-16(11-22-14)13-24-8-7-15(12-24)9-23-19(25)17-5-3-4-6-18(17)20-2/h3-6,10-11,15,20H,7-9,12-13H2,1-2H3,(H,23,25). The Balaban J connectivity index is 1.48. The van der Waals surface area contributed by atoms with Gasteiger partial charge in [0.25, 0.3) is 5.91 Å². The molecular weight excluding hydrogens is 314 g/mol. The van der Waals surface area contributed by atoms with E-state index in [0.29, 0.717) is 18.0 Å². The van der Waals surface area contributed by atoms with Crippen LogP contribution in [-0.4, -0.2) is 47.5 Å². The maximum atomic E-state index is 12.4. The van der Waals surface area contributed by atoms with Crippen LogP contribution in [0, 0.1) is 12.8 Å². The molecule has 25 heavy (non-hydrogen) atoms. The van der Waals surface area contributed by atoms with E-state index in [-0.39, 0.29) is 5.91 Å². The summed E-state index contributed by atoms with van der Waals surface area (Å²) in [6.07, 6.45) is 4.89. The minimum absolute atomic E-state index is 0.0182. The van der Waals surface area contributed by atoms with Gasteiger partial charge in [-0.15, -0.1) is 0 Å². The molecule has 1 aromatic carbocycles. The molecule has 2 N–H and O–H groups in total. The van der Waals surface area contributed by atoms with E-state index in [2.05, 4.69) is 25.5 Å². The number of hydrogen-bond acceptors (Lipinski definition) is 5. The van der Waals surface area contributed by atoms with E-state index in [1.165, 1.54) is 0 Å². The number of nitrogens with one attached hydrogen (secondary N) is 2. The zero-order chi connectivity index (χ0) is 17.6. The topological polar surface area (TPSA) is 70.2 Å². The van der Waals surface area contributed by atoms with Crippen molar-refractivity contribution in [3.63, 3.8) is 0 Å². The first-order chi connectivity index (χ1) is 12.2. The van der Waals surface area contributed by atoms with Crippen LogP contribution in [0.3, 0.4) is 0 Å². The molecule has 0 spiro atoms. The van der Waals surface area contributed by atoms with Crippen LogP contribution in [-0.2, 0) is 6.54 Å². The minimum atomic E-state index is -0.0182. The van der Waals surface area contributed by atoms with Crippen molar-refractivity contribution >= 4 is 11.6 Å². The van der Waals surface area contributed by atoms with Crippen LogP contribution < -0.4 is 10.6 Å². The largest absolute Gasteiger partial charge is 0.387 e. The van der Waals surface area contributed by atoms with Crippen LogP contribution in [0.2, 0.25) is 0 Å². The Bertz CT molecular complexity index is 716. The van der Waals surface area contributed by atoms with E-state index in [4.69, 9.17) is 0 Å². The summed E-state index contributed by atoms with van der Waals surface area (Å²) in [4.78, 5) is 23.3. The van der Waals surface area contributed by atoms with E-state index in [1.54, 1.807) is 0 Å². The number of likely N-dealkylation sites (tertiary alicyclic amines) is 1. The highest BCUT2D eigenvalue weighted by Gasteiger charge is 2.23. The summed E-state index contributed by atoms with van der Waals surface area (Å²) in [5.41, 5.74) is 2.68. The van der Waals surface area contributed by atoms with Gasteiger partial charge in [0, 0.05) is 50.3 Å². The van der Waals surface area contributed by atoms with E-state index in [1.807, 2.05) is 50.6 Å². The van der Waals surface area contributed by atoms with Gasteiger partial charge in [0.2, 0.25) is 0 Å². The average molecular weight is 339 g/mol. The number of anilines is 1. The Kier molecular flexibility index (Phi) is 5.60. The number of aryl methyl sites for hydroxylation is 1. The van der Waals surface area contributed by atoms with E-state index in [9.17, 15) is 4.79 Å². The van der Waals surface area contributed by atoms with Crippen molar-refractivity contribution in [3.8, 4) is 0 Å². The second-order valence-electron chi connectivity index (χ2n) is 6.53. The van der Waals surface area contributed by atoms with Crippen molar-refractivity contribution in [1.29, 1.82) is 0 Å². The molecule has 2 aromatic rings. The van der Waals surface area contributed by atoms with Crippen LogP contribution in [0.4, 0.5) is 5.69 Å². The van der Waals surface area contributed by atoms with Gasteiger partial charge >= 0.3 is 0 Å². The third-order valence-corrected chi connectivity index (χ3v) is 4.60. The van der Waals surface area contributed by atoms with Crippen molar-refractivity contribution in [2.24, 2.45) is 5.92 Å². The lowest BCUT2D eigenvalue weighted by Gasteiger charge is -2.16. The van der Waals surface area contributed by atoms with E-state index < -0.39 is 0 Å². The van der Waals surface area contributed by atoms with Gasteiger partial charge in [0.1, 0.15) is 5.82 Å². The lowest BCUT2D eigenvalue weighted by Crippen LogP contribution is -2.31. The number of aromatic nitrogens is 2. The van der Waals surface area contributed by atoms with Gasteiger partial charge in [0.05, 0.1) is 5.56 Å². The summed E-state index contributed by atoms with van der Waals surface area (Å²) in [5.74, 6) is 1.26. The van der Waals surface area contributed by atoms with Crippen LogP contribution in [0.1, 0.15) is 28.2 Å². The summed E-state index contributed by atoms with van der Waals surface area (Å²) < 4.78 is 0. The third-order valence-electron chi connectivity index (χ3n) is 4.60. The molecular formula is C19H25N5O. The Morgan fingerprint density at radius 3 is 2.80 bits per heavy atom. The molecule has 1 aromatic heterocycles. The van der Waals surface area contributed by atoms with Crippen molar-refractivity contribution < 1.29 is 4.79 Å². The highest BCUT2D eigenvalue weighted by Crippen LogP contribution is 2.19. The molecule has 1 amide bonds. The lowest BCUT2D eigenvalue weighted by molar-refractivity contribution is 0.0948. The number of amides is 1. The fourth-order valence-corrected chi connectivity index (χ4v) is 3.21. The number of para-hydroxylation sites is 1. The van der Waals surface area contributed by atoms with Crippen LogP contribution in [0.25, 0.3) is 0 Å². The van der Waals surface area contributed by atoms with Gasteiger partial charge in [-0.25, -0.2) is 9.97 Å². The second-order valence-corrected chi connectivity index (χ2v) is 6.53. The summed E-state index contributed by atoms with van der Waals surface area (Å²) in [6, 6.07) is 7.57. The first-order valence-corrected chi connectivity index (χ1v) is 8.70. The molecule has 1 aliphatic rings. The first-order valence-electron chi connectivity index (χ1n) is 8.70. The lowest BCUT2D eigenvalue weighted by atomic mass is 10.1. The van der Waals surface area contributed by atoms with Crippen molar-refractivity contribution in [1.82, 2.24) is 20.2 Å². The molecule has 0 bridgehead atoms. The molecule has 2 heterocycles. The average Bonchev–Trinajstić information content (AvgIpc) is 3.09. The van der Waals surface area contributed by atoms with Crippen molar-refractivity contribution in [2.75, 3.05) is 32.0 Å². The molecule has 1 aliphatic heterocycles. The van der Waals surface area contributed by atoms with Gasteiger partial charge in [-0.3, -0.25) is 9.69 Å². The predicted octanol–water partition coefficient (Wildman–Crippen LogP) is 2.08. The molecule has 0 aliphatic carbocycles. The fraction of sp³-hybridized carbons (Fsp3) is 0.421. The molecule has 1 atom stereocenters. The van der Waals surface area contributed by atoms with E-state index >= 15 is 0 Å². The minimum Gasteiger partial charge on any atom is -0.387 e. The van der Waals surface area contributed by atoms with Gasteiger partial charge in [-0.2, -0.15) is 0 Å². The first kappa shape index (κ1) is 17.4. The Morgan fingerprint density at radius 1 is 1.28 bits per heavy atom. The zero-order valence-corrected chi connectivity index (χ0v) is 14.8. The fourth-order valence-electron chi connectivity index (χ4n) is 3.21. The molecule has 1 unspecified atom stereocenters. The van der Waals surface area contributed by atoms with Crippen molar-refractivity contribution in [2.45, 2.75) is 19.9 Å². The van der Waals surface area contributed by atoms with Crippen LogP contribution in [0.5, 0.6) is 0 Å². The molecule has 3 rings (SSSR count). The molecule has 6 nitrogen and oxygen atoms in total. The Labute approximate surface area is 148 Å². The summed E-state index contributed by atoms with van der Waals surface area (Å²) in [6.45, 7) is 5.50. The molecule has 0 radical (unpaired) electrons. The van der Waals surface area contributed by atoms with Crippen LogP contribution >= 0.6 is 0 Å². The molecule has 132 valence electrons. The van der Waals surface area contributed by atoms with E-state index in [0.717, 1.165) is 43.1 Å². The Hall–Kier alpha value is -2.47. The number of carbonyl (C=O) groups excluding carboxylic acids is 1. The number of hydrogen-bond donors (Lipinski definition) is 2. The normalized spacial score (nSPS) is 17.4. The van der Waals surface area contributed by atoms with Crippen LogP contribution in [0.15, 0.2) is 36.7 Å². The maximum absolute atomic E-state index is 12.4. The summed E-state index contributed by atoms with van der Waals surface area (Å²) in [5, 5.41) is 6.14. The summed E-state index contributed by atoms with van der Waals surface area (Å²) in [7, 11) is 1.83. The summed E-state index contributed by atoms with van der Waals surface area (Å²) >= 11 is 0. The maximum Gasteiger partial charge on any atom is 0.253 e. The van der Waals surface area contributed by atoms with Gasteiger partial charge in [0.15, 0.2) is 0 Å². The monoisotopic (exact) mass is 339 g/mol. The predicted molar refractivity (Wildman–Crippen MR) is 98.5 cm³/mol. The number of carbonyl (C=O) groups is 1. The van der Waals surface area contributed by atoms with Gasteiger partial charge in [-0.1, -0.05) is 12.1 Å². The highest BCUT2D eigenvalue weighted by atomic mass is 16.1. The molecule has 0 saturated carbocycles. The second kappa shape index (κ2) is 8.07. The highest BCUT2D eigenvalue weighted by molar-refractivity contribution is 5.99. The number of benzene rings is 1.